The van der Waals surface area contributed by atoms with Crippen molar-refractivity contribution in [1.82, 2.24) is 14.9 Å². The number of aryl methyl sites for hydroxylation is 1. The number of thiocarbonyl (C=S) groups is 1. The molecule has 6 nitrogen and oxygen atoms in total. The van der Waals surface area contributed by atoms with E-state index in [-0.39, 0.29) is 23.5 Å². The summed E-state index contributed by atoms with van der Waals surface area (Å²) in [5.74, 6) is -1.29. The zero-order valence-corrected chi connectivity index (χ0v) is 20.0. The fourth-order valence-corrected chi connectivity index (χ4v) is 5.16. The van der Waals surface area contributed by atoms with E-state index in [9.17, 15) is 14.3 Å². The number of aromatic carboxylic acids is 1. The van der Waals surface area contributed by atoms with Crippen LogP contribution in [0.1, 0.15) is 45.1 Å². The van der Waals surface area contributed by atoms with Gasteiger partial charge < -0.3 is 19.9 Å². The normalized spacial score (nSPS) is 17.5. The molecule has 0 spiro atoms. The summed E-state index contributed by atoms with van der Waals surface area (Å²) >= 11 is 5.75. The largest absolute Gasteiger partial charge is 0.478 e. The van der Waals surface area contributed by atoms with Crippen molar-refractivity contribution in [1.29, 1.82) is 0 Å². The highest BCUT2D eigenvalue weighted by Crippen LogP contribution is 2.43. The van der Waals surface area contributed by atoms with Crippen molar-refractivity contribution in [3.8, 4) is 5.69 Å². The highest BCUT2D eigenvalue weighted by Gasteiger charge is 2.42. The number of carboxylic acid groups (broad SMARTS) is 1. The van der Waals surface area contributed by atoms with Gasteiger partial charge in [0.05, 0.1) is 23.3 Å². The molecule has 0 radical (unpaired) electrons. The minimum absolute atomic E-state index is 0.222. The summed E-state index contributed by atoms with van der Waals surface area (Å²) in [6.45, 7) is 4.00. The number of carbonyl (C=O) groups is 1. The second kappa shape index (κ2) is 8.96. The Balaban J connectivity index is 1.67. The molecular formula is C27H23FN4O2S. The van der Waals surface area contributed by atoms with E-state index in [0.29, 0.717) is 5.11 Å². The Morgan fingerprint density at radius 1 is 1.03 bits per heavy atom. The van der Waals surface area contributed by atoms with E-state index in [1.165, 1.54) is 12.1 Å². The summed E-state index contributed by atoms with van der Waals surface area (Å²) in [6, 6.07) is 20.5. The fourth-order valence-electron chi connectivity index (χ4n) is 4.81. The first-order chi connectivity index (χ1) is 16.8. The molecule has 2 N–H and O–H groups in total. The number of carboxylic acids is 1. The van der Waals surface area contributed by atoms with Crippen LogP contribution in [0.5, 0.6) is 0 Å². The Morgan fingerprint density at radius 2 is 1.80 bits per heavy atom. The second-order valence-corrected chi connectivity index (χ2v) is 8.88. The van der Waals surface area contributed by atoms with Gasteiger partial charge in [-0.2, -0.15) is 0 Å². The predicted molar refractivity (Wildman–Crippen MR) is 137 cm³/mol. The number of halogens is 1. The Kier molecular flexibility index (Phi) is 5.82. The van der Waals surface area contributed by atoms with Gasteiger partial charge in [-0.15, -0.1) is 0 Å². The lowest BCUT2D eigenvalue weighted by Gasteiger charge is -2.28. The molecule has 0 unspecified atom stereocenters. The third-order valence-corrected chi connectivity index (χ3v) is 6.66. The smallest absolute Gasteiger partial charge is 0.335 e. The van der Waals surface area contributed by atoms with Crippen LogP contribution in [0.25, 0.3) is 5.69 Å². The molecule has 1 aliphatic heterocycles. The third kappa shape index (κ3) is 4.06. The van der Waals surface area contributed by atoms with Crippen LogP contribution in [-0.4, -0.2) is 25.7 Å². The first-order valence-corrected chi connectivity index (χ1v) is 11.5. The van der Waals surface area contributed by atoms with Gasteiger partial charge in [-0.3, -0.25) is 4.98 Å². The van der Waals surface area contributed by atoms with Gasteiger partial charge in [0.1, 0.15) is 5.82 Å². The van der Waals surface area contributed by atoms with E-state index in [1.807, 2.05) is 47.6 Å². The quantitative estimate of drug-likeness (QED) is 0.363. The Hall–Kier alpha value is -4.04. The molecular weight excluding hydrogens is 463 g/mol. The molecule has 2 atom stereocenters. The first kappa shape index (κ1) is 22.7. The molecule has 0 saturated carbocycles. The maximum Gasteiger partial charge on any atom is 0.335 e. The molecule has 1 saturated heterocycles. The van der Waals surface area contributed by atoms with Crippen LogP contribution in [0.3, 0.4) is 0 Å². The number of rotatable bonds is 5. The molecule has 0 amide bonds. The monoisotopic (exact) mass is 486 g/mol. The van der Waals surface area contributed by atoms with Crippen LogP contribution in [0.15, 0.2) is 79.0 Å². The standard InChI is InChI=1S/C27H23FN4O2S/c1-16-14-22(17(2)31(16)21-7-5-6-18(15-21)26(33)34)25-24(23-8-3-4-13-29-23)30-27(35)32(25)20-11-9-19(28)10-12-20/h3-15,24-25H,1-2H3,(H,30,35)(H,33,34)/t24-,25-/m1/s1. The fraction of sp³-hybridized carbons (Fsp3) is 0.148. The van der Waals surface area contributed by atoms with Crippen LogP contribution in [0.2, 0.25) is 0 Å². The SMILES string of the molecule is Cc1cc([C@@H]2[C@@H](c3ccccn3)NC(=S)N2c2ccc(F)cc2)c(C)n1-c1cccc(C(=O)O)c1. The molecule has 35 heavy (non-hydrogen) atoms. The Bertz CT molecular complexity index is 1420. The van der Waals surface area contributed by atoms with Crippen LogP contribution in [-0.2, 0) is 0 Å². The Morgan fingerprint density at radius 3 is 2.49 bits per heavy atom. The number of nitrogens with one attached hydrogen (secondary N) is 1. The Labute approximate surface area is 207 Å². The van der Waals surface area contributed by atoms with E-state index in [1.54, 1.807) is 36.5 Å². The predicted octanol–water partition coefficient (Wildman–Crippen LogP) is 5.50. The maximum absolute atomic E-state index is 13.7. The van der Waals surface area contributed by atoms with Gasteiger partial charge in [-0.05, 0) is 92.3 Å². The van der Waals surface area contributed by atoms with Gasteiger partial charge in [0.15, 0.2) is 5.11 Å². The van der Waals surface area contributed by atoms with Crippen LogP contribution >= 0.6 is 12.2 Å². The van der Waals surface area contributed by atoms with Crippen molar-refractivity contribution in [2.75, 3.05) is 4.90 Å². The van der Waals surface area contributed by atoms with Gasteiger partial charge in [0, 0.05) is 29.0 Å². The van der Waals surface area contributed by atoms with Gasteiger partial charge in [-0.1, -0.05) is 12.1 Å². The van der Waals surface area contributed by atoms with E-state index >= 15 is 0 Å². The van der Waals surface area contributed by atoms with Gasteiger partial charge >= 0.3 is 5.97 Å². The zero-order valence-electron chi connectivity index (χ0n) is 19.1. The van der Waals surface area contributed by atoms with Crippen molar-refractivity contribution in [3.63, 3.8) is 0 Å². The number of benzene rings is 2. The average molecular weight is 487 g/mol. The maximum atomic E-state index is 13.7. The van der Waals surface area contributed by atoms with Crippen molar-refractivity contribution >= 4 is 29.0 Å². The summed E-state index contributed by atoms with van der Waals surface area (Å²) in [5.41, 5.74) is 5.51. The van der Waals surface area contributed by atoms with Crippen LogP contribution < -0.4 is 10.2 Å². The lowest BCUT2D eigenvalue weighted by molar-refractivity contribution is 0.0697. The topological polar surface area (TPSA) is 70.4 Å². The van der Waals surface area contributed by atoms with Crippen LogP contribution in [0.4, 0.5) is 10.1 Å². The number of pyridine rings is 1. The van der Waals surface area contributed by atoms with Crippen LogP contribution in [0, 0.1) is 19.7 Å². The molecule has 1 fully saturated rings. The molecule has 1 aliphatic rings. The minimum Gasteiger partial charge on any atom is -0.478 e. The summed E-state index contributed by atoms with van der Waals surface area (Å²) in [6.07, 6.45) is 1.75. The molecule has 0 aliphatic carbocycles. The number of aromatic nitrogens is 2. The highest BCUT2D eigenvalue weighted by atomic mass is 32.1. The van der Waals surface area contributed by atoms with Crippen molar-refractivity contribution in [2.45, 2.75) is 25.9 Å². The lowest BCUT2D eigenvalue weighted by atomic mass is 9.96. The molecule has 3 heterocycles. The van der Waals surface area contributed by atoms with Crippen molar-refractivity contribution < 1.29 is 14.3 Å². The zero-order chi connectivity index (χ0) is 24.7. The van der Waals surface area contributed by atoms with E-state index in [2.05, 4.69) is 16.4 Å². The lowest BCUT2D eigenvalue weighted by Crippen LogP contribution is -2.29. The summed E-state index contributed by atoms with van der Waals surface area (Å²) in [4.78, 5) is 18.1. The number of anilines is 1. The molecule has 2 aromatic carbocycles. The van der Waals surface area contributed by atoms with E-state index in [0.717, 1.165) is 34.0 Å². The molecule has 176 valence electrons. The average Bonchev–Trinajstić information content (AvgIpc) is 3.35. The van der Waals surface area contributed by atoms with Gasteiger partial charge in [0.25, 0.3) is 0 Å². The molecule has 5 rings (SSSR count). The summed E-state index contributed by atoms with van der Waals surface area (Å²) in [5, 5.41) is 13.4. The summed E-state index contributed by atoms with van der Waals surface area (Å²) in [7, 11) is 0. The minimum atomic E-state index is -0.974. The van der Waals surface area contributed by atoms with E-state index in [4.69, 9.17) is 12.2 Å². The molecule has 4 aromatic rings. The number of hydrogen-bond acceptors (Lipinski definition) is 3. The highest BCUT2D eigenvalue weighted by molar-refractivity contribution is 7.80. The number of nitrogens with zero attached hydrogens (tertiary/aromatic N) is 3. The molecule has 8 heteroatoms. The van der Waals surface area contributed by atoms with Crippen molar-refractivity contribution in [3.05, 3.63) is 113 Å². The molecule has 0 bridgehead atoms. The third-order valence-electron chi connectivity index (χ3n) is 6.34. The first-order valence-electron chi connectivity index (χ1n) is 11.1. The van der Waals surface area contributed by atoms with Gasteiger partial charge in [-0.25, -0.2) is 9.18 Å². The van der Waals surface area contributed by atoms with Crippen molar-refractivity contribution in [2.24, 2.45) is 0 Å². The molecule has 2 aromatic heterocycles. The van der Waals surface area contributed by atoms with E-state index < -0.39 is 5.97 Å². The second-order valence-electron chi connectivity index (χ2n) is 8.49. The number of hydrogen-bond donors (Lipinski definition) is 2. The van der Waals surface area contributed by atoms with Gasteiger partial charge in [0.2, 0.25) is 0 Å². The summed E-state index contributed by atoms with van der Waals surface area (Å²) < 4.78 is 15.8.